The number of fused-ring (bicyclic) bond motifs is 3. The Balaban J connectivity index is 1.64. The molecule has 30 heavy (non-hydrogen) atoms. The molecule has 0 amide bonds. The number of rotatable bonds is 3. The number of imidazole rings is 1. The minimum Gasteiger partial charge on any atom is -0.491 e. The molecule has 1 aromatic carbocycles. The van der Waals surface area contributed by atoms with Crippen LogP contribution < -0.4 is 10.3 Å². The first-order valence-corrected chi connectivity index (χ1v) is 9.96. The molecule has 0 atom stereocenters. The van der Waals surface area contributed by atoms with Gasteiger partial charge in [-0.3, -0.25) is 4.79 Å². The van der Waals surface area contributed by atoms with Crippen LogP contribution >= 0.6 is 0 Å². The maximum Gasteiger partial charge on any atom is 0.247 e. The van der Waals surface area contributed by atoms with Gasteiger partial charge in [0.05, 0.1) is 12.1 Å². The Morgan fingerprint density at radius 1 is 1.10 bits per heavy atom. The van der Waals surface area contributed by atoms with E-state index >= 15 is 0 Å². The summed E-state index contributed by atoms with van der Waals surface area (Å²) in [4.78, 5) is 23.7. The molecule has 1 N–H and O–H groups in total. The van der Waals surface area contributed by atoms with Gasteiger partial charge in [0.25, 0.3) is 0 Å². The van der Waals surface area contributed by atoms with Gasteiger partial charge in [0.15, 0.2) is 5.82 Å². The first-order valence-electron chi connectivity index (χ1n) is 9.96. The molecule has 0 unspecified atom stereocenters. The molecule has 3 aromatic heterocycles. The highest BCUT2D eigenvalue weighted by atomic mass is 16.5. The molecule has 1 aliphatic rings. The third-order valence-corrected chi connectivity index (χ3v) is 5.16. The Kier molecular flexibility index (Phi) is 4.27. The van der Waals surface area contributed by atoms with Crippen molar-refractivity contribution in [1.82, 2.24) is 29.3 Å². The van der Waals surface area contributed by atoms with Crippen LogP contribution in [-0.2, 0) is 6.54 Å². The van der Waals surface area contributed by atoms with Gasteiger partial charge in [-0.1, -0.05) is 6.07 Å². The predicted octanol–water partition coefficient (Wildman–Crippen LogP) is 3.45. The fraction of sp³-hybridized carbons (Fsp3) is 0.273. The number of hydrogen-bond donors (Lipinski definition) is 1. The topological polar surface area (TPSA) is 90.6 Å². The first kappa shape index (κ1) is 18.4. The van der Waals surface area contributed by atoms with Gasteiger partial charge < -0.3 is 14.3 Å². The van der Waals surface area contributed by atoms with Gasteiger partial charge in [-0.2, -0.15) is 5.10 Å². The van der Waals surface area contributed by atoms with Crippen LogP contribution in [0.1, 0.15) is 25.7 Å². The van der Waals surface area contributed by atoms with Crippen molar-refractivity contribution in [3.8, 4) is 39.8 Å². The molecule has 0 aliphatic carbocycles. The number of aromatic nitrogens is 6. The SMILES string of the molecule is Cc1nc(-c2cn3c(n2)-c2cc(-c4ccc(=O)[nH]c4)ccc2OCC3)n(C(C)C)n1. The van der Waals surface area contributed by atoms with Gasteiger partial charge in [0, 0.05) is 24.5 Å². The van der Waals surface area contributed by atoms with Gasteiger partial charge >= 0.3 is 0 Å². The van der Waals surface area contributed by atoms with Gasteiger partial charge in [0.2, 0.25) is 5.56 Å². The van der Waals surface area contributed by atoms with Crippen LogP contribution in [-0.4, -0.2) is 35.9 Å². The summed E-state index contributed by atoms with van der Waals surface area (Å²) in [5, 5.41) is 4.52. The van der Waals surface area contributed by atoms with E-state index in [2.05, 4.69) is 39.5 Å². The molecule has 0 radical (unpaired) electrons. The lowest BCUT2D eigenvalue weighted by Gasteiger charge is -2.09. The number of ether oxygens (including phenoxy) is 1. The quantitative estimate of drug-likeness (QED) is 0.567. The standard InChI is InChI=1S/C22H22N6O2/c1-13(2)28-22(24-14(3)26-28)18-12-27-8-9-30-19-6-4-15(10-17(19)21(27)25-18)16-5-7-20(29)23-11-16/h4-7,10-13H,8-9H2,1-3H3,(H,23,29). The van der Waals surface area contributed by atoms with E-state index in [-0.39, 0.29) is 11.6 Å². The van der Waals surface area contributed by atoms with Gasteiger partial charge in [-0.15, -0.1) is 0 Å². The molecular weight excluding hydrogens is 380 g/mol. The molecule has 0 saturated heterocycles. The highest BCUT2D eigenvalue weighted by molar-refractivity contribution is 5.76. The number of aryl methyl sites for hydroxylation is 1. The Labute approximate surface area is 173 Å². The van der Waals surface area contributed by atoms with E-state index in [1.807, 2.05) is 36.0 Å². The summed E-state index contributed by atoms with van der Waals surface area (Å²) in [5.41, 5.74) is 3.49. The van der Waals surface area contributed by atoms with Crippen LogP contribution in [0.25, 0.3) is 34.0 Å². The number of hydrogen-bond acceptors (Lipinski definition) is 5. The molecule has 0 bridgehead atoms. The van der Waals surface area contributed by atoms with Crippen LogP contribution in [0.3, 0.4) is 0 Å². The fourth-order valence-corrected chi connectivity index (χ4v) is 3.73. The summed E-state index contributed by atoms with van der Waals surface area (Å²) in [5.74, 6) is 3.12. The van der Waals surface area contributed by atoms with Crippen LogP contribution in [0, 0.1) is 6.92 Å². The molecule has 4 heterocycles. The molecule has 0 fully saturated rings. The number of nitrogens with one attached hydrogen (secondary N) is 1. The Bertz CT molecular complexity index is 1280. The van der Waals surface area contributed by atoms with Crippen LogP contribution in [0.15, 0.2) is 47.5 Å². The lowest BCUT2D eigenvalue weighted by Crippen LogP contribution is -2.06. The minimum absolute atomic E-state index is 0.124. The maximum absolute atomic E-state index is 11.4. The maximum atomic E-state index is 11.4. The molecular formula is C22H22N6O2. The number of nitrogens with zero attached hydrogens (tertiary/aromatic N) is 5. The number of aromatic amines is 1. The summed E-state index contributed by atoms with van der Waals surface area (Å²) in [6, 6.07) is 9.52. The second-order valence-electron chi connectivity index (χ2n) is 7.67. The van der Waals surface area contributed by atoms with E-state index in [0.717, 1.165) is 45.6 Å². The van der Waals surface area contributed by atoms with E-state index in [0.29, 0.717) is 13.2 Å². The number of H-pyrrole nitrogens is 1. The average molecular weight is 402 g/mol. The van der Waals surface area contributed by atoms with E-state index < -0.39 is 0 Å². The minimum atomic E-state index is -0.124. The zero-order chi connectivity index (χ0) is 20.8. The molecule has 152 valence electrons. The van der Waals surface area contributed by atoms with Crippen molar-refractivity contribution in [1.29, 1.82) is 0 Å². The van der Waals surface area contributed by atoms with E-state index in [9.17, 15) is 4.79 Å². The highest BCUT2D eigenvalue weighted by Crippen LogP contribution is 2.36. The zero-order valence-electron chi connectivity index (χ0n) is 17.1. The average Bonchev–Trinajstić information content (AvgIpc) is 3.28. The second kappa shape index (κ2) is 6.98. The molecule has 5 rings (SSSR count). The van der Waals surface area contributed by atoms with Gasteiger partial charge in [-0.05, 0) is 50.1 Å². The lowest BCUT2D eigenvalue weighted by molar-refractivity contribution is 0.306. The molecule has 0 saturated carbocycles. The van der Waals surface area contributed by atoms with Crippen LogP contribution in [0.4, 0.5) is 0 Å². The van der Waals surface area contributed by atoms with Crippen molar-refractivity contribution in [3.63, 3.8) is 0 Å². The van der Waals surface area contributed by atoms with Gasteiger partial charge in [-0.25, -0.2) is 14.6 Å². The largest absolute Gasteiger partial charge is 0.491 e. The van der Waals surface area contributed by atoms with Crippen molar-refractivity contribution in [3.05, 3.63) is 58.9 Å². The van der Waals surface area contributed by atoms with Crippen molar-refractivity contribution in [2.75, 3.05) is 6.61 Å². The Morgan fingerprint density at radius 2 is 1.93 bits per heavy atom. The van der Waals surface area contributed by atoms with Crippen molar-refractivity contribution < 1.29 is 4.74 Å². The number of benzene rings is 1. The molecule has 0 spiro atoms. The third kappa shape index (κ3) is 3.10. The van der Waals surface area contributed by atoms with Crippen molar-refractivity contribution in [2.45, 2.75) is 33.4 Å². The smallest absolute Gasteiger partial charge is 0.247 e. The molecule has 8 nitrogen and oxygen atoms in total. The monoisotopic (exact) mass is 402 g/mol. The predicted molar refractivity (Wildman–Crippen MR) is 113 cm³/mol. The molecule has 4 aromatic rings. The zero-order valence-corrected chi connectivity index (χ0v) is 17.1. The summed E-state index contributed by atoms with van der Waals surface area (Å²) in [6.45, 7) is 7.31. The van der Waals surface area contributed by atoms with Crippen LogP contribution in [0.5, 0.6) is 5.75 Å². The number of pyridine rings is 1. The van der Waals surface area contributed by atoms with Crippen molar-refractivity contribution in [2.24, 2.45) is 0 Å². The lowest BCUT2D eigenvalue weighted by atomic mass is 10.0. The van der Waals surface area contributed by atoms with E-state index in [1.54, 1.807) is 6.20 Å². The fourth-order valence-electron chi connectivity index (χ4n) is 3.73. The highest BCUT2D eigenvalue weighted by Gasteiger charge is 2.22. The van der Waals surface area contributed by atoms with Gasteiger partial charge in [0.1, 0.15) is 29.7 Å². The van der Waals surface area contributed by atoms with Crippen LogP contribution in [0.2, 0.25) is 0 Å². The normalized spacial score (nSPS) is 12.9. The summed E-state index contributed by atoms with van der Waals surface area (Å²) >= 11 is 0. The van der Waals surface area contributed by atoms with E-state index in [4.69, 9.17) is 9.72 Å². The van der Waals surface area contributed by atoms with Crippen molar-refractivity contribution >= 4 is 0 Å². The Morgan fingerprint density at radius 3 is 2.70 bits per heavy atom. The summed E-state index contributed by atoms with van der Waals surface area (Å²) < 4.78 is 9.97. The Hall–Kier alpha value is -3.68. The molecule has 8 heteroatoms. The second-order valence-corrected chi connectivity index (χ2v) is 7.67. The molecule has 1 aliphatic heterocycles. The summed E-state index contributed by atoms with van der Waals surface area (Å²) in [7, 11) is 0. The first-order chi connectivity index (χ1) is 14.5. The summed E-state index contributed by atoms with van der Waals surface area (Å²) in [6.07, 6.45) is 3.73. The van der Waals surface area contributed by atoms with E-state index in [1.165, 1.54) is 6.07 Å². The third-order valence-electron chi connectivity index (χ3n) is 5.16.